The van der Waals surface area contributed by atoms with Gasteiger partial charge in [-0.2, -0.15) is 0 Å². The maximum Gasteiger partial charge on any atom is 0.234 e. The fourth-order valence-corrected chi connectivity index (χ4v) is 2.17. The summed E-state index contributed by atoms with van der Waals surface area (Å²) in [6, 6.07) is 0.260. The van der Waals surface area contributed by atoms with E-state index in [2.05, 4.69) is 38.3 Å². The summed E-state index contributed by atoms with van der Waals surface area (Å²) in [5.74, 6) is 0.448. The van der Waals surface area contributed by atoms with E-state index in [1.54, 1.807) is 6.92 Å². The van der Waals surface area contributed by atoms with Gasteiger partial charge in [0, 0.05) is 12.6 Å². The molecule has 0 spiro atoms. The van der Waals surface area contributed by atoms with Crippen molar-refractivity contribution in [3.05, 3.63) is 0 Å². The monoisotopic (exact) mass is 258 g/mol. The first-order chi connectivity index (χ1) is 8.30. The van der Waals surface area contributed by atoms with Crippen LogP contribution in [0.5, 0.6) is 0 Å². The molecule has 0 aromatic heterocycles. The smallest absolute Gasteiger partial charge is 0.234 e. The molecule has 108 valence electrons. The fourth-order valence-electron chi connectivity index (χ4n) is 2.17. The van der Waals surface area contributed by atoms with E-state index in [0.29, 0.717) is 12.5 Å². The first-order valence-electron chi connectivity index (χ1n) is 7.03. The third kappa shape index (κ3) is 8.48. The van der Waals surface area contributed by atoms with Crippen LogP contribution < -0.4 is 10.6 Å². The van der Waals surface area contributed by atoms with Gasteiger partial charge >= 0.3 is 0 Å². The van der Waals surface area contributed by atoms with Gasteiger partial charge in [-0.05, 0) is 32.1 Å². The second kappa shape index (κ2) is 8.48. The van der Waals surface area contributed by atoms with Crippen molar-refractivity contribution in [3.63, 3.8) is 0 Å². The summed E-state index contributed by atoms with van der Waals surface area (Å²) in [6.07, 6.45) is 2.63. The molecule has 4 nitrogen and oxygen atoms in total. The highest BCUT2D eigenvalue weighted by atomic mass is 16.3. The molecule has 1 unspecified atom stereocenters. The number of amides is 1. The molecule has 0 saturated carbocycles. The van der Waals surface area contributed by atoms with Gasteiger partial charge in [0.1, 0.15) is 0 Å². The highest BCUT2D eigenvalue weighted by molar-refractivity contribution is 5.78. The first kappa shape index (κ1) is 17.4. The van der Waals surface area contributed by atoms with Gasteiger partial charge < -0.3 is 15.7 Å². The van der Waals surface area contributed by atoms with Gasteiger partial charge in [-0.3, -0.25) is 4.79 Å². The molecule has 0 aliphatic rings. The summed E-state index contributed by atoms with van der Waals surface area (Å²) in [7, 11) is 0. The zero-order chi connectivity index (χ0) is 14.2. The van der Waals surface area contributed by atoms with Crippen molar-refractivity contribution in [1.29, 1.82) is 0 Å². The molecule has 0 aliphatic carbocycles. The van der Waals surface area contributed by atoms with Crippen molar-refractivity contribution < 1.29 is 9.90 Å². The van der Waals surface area contributed by atoms with Crippen LogP contribution in [-0.4, -0.2) is 35.7 Å². The molecule has 0 heterocycles. The number of hydrogen-bond acceptors (Lipinski definition) is 3. The lowest BCUT2D eigenvalue weighted by Crippen LogP contribution is -2.45. The van der Waals surface area contributed by atoms with Crippen LogP contribution in [0.15, 0.2) is 0 Å². The molecule has 0 fully saturated rings. The summed E-state index contributed by atoms with van der Waals surface area (Å²) in [6.45, 7) is 10.8. The number of aliphatic hydroxyl groups is 1. The summed E-state index contributed by atoms with van der Waals surface area (Å²) >= 11 is 0. The molecule has 4 heteroatoms. The van der Waals surface area contributed by atoms with Crippen LogP contribution in [-0.2, 0) is 4.79 Å². The lowest BCUT2D eigenvalue weighted by atomic mass is 9.94. The van der Waals surface area contributed by atoms with E-state index in [9.17, 15) is 9.90 Å². The van der Waals surface area contributed by atoms with Crippen molar-refractivity contribution in [2.75, 3.05) is 13.1 Å². The normalized spacial score (nSPS) is 14.9. The molecule has 0 aliphatic heterocycles. The van der Waals surface area contributed by atoms with E-state index in [1.807, 2.05) is 0 Å². The zero-order valence-corrected chi connectivity index (χ0v) is 12.5. The number of rotatable bonds is 9. The average Bonchev–Trinajstić information content (AvgIpc) is 2.23. The largest absolute Gasteiger partial charge is 0.389 e. The third-order valence-electron chi connectivity index (χ3n) is 2.99. The van der Waals surface area contributed by atoms with E-state index in [4.69, 9.17) is 0 Å². The third-order valence-corrected chi connectivity index (χ3v) is 2.99. The van der Waals surface area contributed by atoms with Crippen molar-refractivity contribution in [3.8, 4) is 0 Å². The van der Waals surface area contributed by atoms with Crippen molar-refractivity contribution >= 4 is 5.91 Å². The van der Waals surface area contributed by atoms with Crippen LogP contribution in [0.4, 0.5) is 0 Å². The first-order valence-corrected chi connectivity index (χ1v) is 7.03. The molecule has 0 bridgehead atoms. The number of nitrogens with one attached hydrogen (secondary N) is 2. The van der Waals surface area contributed by atoms with Gasteiger partial charge in [-0.15, -0.1) is 0 Å². The molecule has 0 aromatic rings. The molecule has 0 aromatic carbocycles. The van der Waals surface area contributed by atoms with E-state index < -0.39 is 5.60 Å². The predicted molar refractivity (Wildman–Crippen MR) is 75.5 cm³/mol. The molecule has 0 saturated heterocycles. The predicted octanol–water partition coefficient (Wildman–Crippen LogP) is 1.68. The molecule has 0 rings (SSSR count). The van der Waals surface area contributed by atoms with E-state index in [1.165, 1.54) is 0 Å². The molecule has 3 N–H and O–H groups in total. The van der Waals surface area contributed by atoms with Crippen molar-refractivity contribution in [2.24, 2.45) is 5.92 Å². The number of hydrogen-bond donors (Lipinski definition) is 3. The van der Waals surface area contributed by atoms with E-state index in [0.717, 1.165) is 19.3 Å². The van der Waals surface area contributed by atoms with Gasteiger partial charge in [0.05, 0.1) is 12.1 Å². The molecular weight excluding hydrogens is 228 g/mol. The zero-order valence-electron chi connectivity index (χ0n) is 12.5. The Morgan fingerprint density at radius 2 is 1.83 bits per heavy atom. The maximum atomic E-state index is 11.6. The standard InChI is InChI=1S/C14H30N2O2/c1-6-12(7-2)16-13(17)9-15-10-14(5,18)8-11(3)4/h11-12,15,18H,6-10H2,1-5H3,(H,16,17). The van der Waals surface area contributed by atoms with Crippen LogP contribution in [0.25, 0.3) is 0 Å². The second-order valence-electron chi connectivity index (χ2n) is 5.78. The second-order valence-corrected chi connectivity index (χ2v) is 5.78. The highest BCUT2D eigenvalue weighted by Gasteiger charge is 2.21. The summed E-state index contributed by atoms with van der Waals surface area (Å²) in [5.41, 5.74) is -0.747. The Balaban J connectivity index is 3.86. The Hall–Kier alpha value is -0.610. The highest BCUT2D eigenvalue weighted by Crippen LogP contribution is 2.14. The average molecular weight is 258 g/mol. The Morgan fingerprint density at radius 1 is 1.28 bits per heavy atom. The van der Waals surface area contributed by atoms with Gasteiger partial charge in [-0.1, -0.05) is 27.7 Å². The maximum absolute atomic E-state index is 11.6. The Labute approximate surface area is 112 Å². The molecule has 0 radical (unpaired) electrons. The summed E-state index contributed by atoms with van der Waals surface area (Å²) in [4.78, 5) is 11.6. The lowest BCUT2D eigenvalue weighted by Gasteiger charge is -2.25. The molecule has 1 amide bonds. The van der Waals surface area contributed by atoms with Crippen LogP contribution in [0.2, 0.25) is 0 Å². The van der Waals surface area contributed by atoms with Crippen LogP contribution >= 0.6 is 0 Å². The van der Waals surface area contributed by atoms with Gasteiger partial charge in [0.15, 0.2) is 0 Å². The minimum Gasteiger partial charge on any atom is -0.389 e. The Morgan fingerprint density at radius 3 is 2.28 bits per heavy atom. The number of carbonyl (C=O) groups excluding carboxylic acids is 1. The SMILES string of the molecule is CCC(CC)NC(=O)CNCC(C)(O)CC(C)C. The molecular formula is C14H30N2O2. The van der Waals surface area contributed by atoms with E-state index >= 15 is 0 Å². The van der Waals surface area contributed by atoms with Crippen LogP contribution in [0.1, 0.15) is 53.9 Å². The Bertz CT molecular complexity index is 236. The van der Waals surface area contributed by atoms with Crippen LogP contribution in [0, 0.1) is 5.92 Å². The van der Waals surface area contributed by atoms with Gasteiger partial charge in [0.25, 0.3) is 0 Å². The molecule has 1 atom stereocenters. The molecule has 18 heavy (non-hydrogen) atoms. The summed E-state index contributed by atoms with van der Waals surface area (Å²) in [5, 5.41) is 16.1. The minimum atomic E-state index is -0.747. The number of carbonyl (C=O) groups is 1. The van der Waals surface area contributed by atoms with Gasteiger partial charge in [-0.25, -0.2) is 0 Å². The summed E-state index contributed by atoms with van der Waals surface area (Å²) < 4.78 is 0. The van der Waals surface area contributed by atoms with E-state index in [-0.39, 0.29) is 18.5 Å². The topological polar surface area (TPSA) is 61.4 Å². The fraction of sp³-hybridized carbons (Fsp3) is 0.929. The Kier molecular flexibility index (Phi) is 8.20. The lowest BCUT2D eigenvalue weighted by molar-refractivity contribution is -0.121. The quantitative estimate of drug-likeness (QED) is 0.589. The van der Waals surface area contributed by atoms with Crippen molar-refractivity contribution in [2.45, 2.75) is 65.5 Å². The van der Waals surface area contributed by atoms with Gasteiger partial charge in [0.2, 0.25) is 5.91 Å². The van der Waals surface area contributed by atoms with Crippen molar-refractivity contribution in [1.82, 2.24) is 10.6 Å². The van der Waals surface area contributed by atoms with Crippen LogP contribution in [0.3, 0.4) is 0 Å². The minimum absolute atomic E-state index is 0.00375.